The molecule has 0 fully saturated rings. The standard InChI is InChI=1S/C16H15ClN2O/c1-3-19-14-6-5-12(17)9-13(14)18-16(19)11-4-7-15(20)10(2)8-11/h4-9,20H,3H2,1-2H3. The molecule has 0 unspecified atom stereocenters. The summed E-state index contributed by atoms with van der Waals surface area (Å²) in [4.78, 5) is 4.68. The van der Waals surface area contributed by atoms with E-state index < -0.39 is 0 Å². The number of aromatic hydroxyl groups is 1. The first-order valence-corrected chi connectivity index (χ1v) is 6.93. The average molecular weight is 287 g/mol. The van der Waals surface area contributed by atoms with E-state index in [-0.39, 0.29) is 0 Å². The van der Waals surface area contributed by atoms with Gasteiger partial charge in [0.1, 0.15) is 11.6 Å². The first-order chi connectivity index (χ1) is 9.60. The highest BCUT2D eigenvalue weighted by Crippen LogP contribution is 2.29. The lowest BCUT2D eigenvalue weighted by atomic mass is 10.1. The summed E-state index contributed by atoms with van der Waals surface area (Å²) < 4.78 is 2.15. The van der Waals surface area contributed by atoms with Gasteiger partial charge >= 0.3 is 0 Å². The zero-order valence-corrected chi connectivity index (χ0v) is 12.1. The van der Waals surface area contributed by atoms with Crippen LogP contribution in [0.2, 0.25) is 5.02 Å². The smallest absolute Gasteiger partial charge is 0.141 e. The van der Waals surface area contributed by atoms with E-state index >= 15 is 0 Å². The van der Waals surface area contributed by atoms with Crippen molar-refractivity contribution in [1.82, 2.24) is 9.55 Å². The maximum absolute atomic E-state index is 9.65. The monoisotopic (exact) mass is 286 g/mol. The number of hydrogen-bond donors (Lipinski definition) is 1. The third-order valence-corrected chi connectivity index (χ3v) is 3.72. The maximum atomic E-state index is 9.65. The second-order valence-corrected chi connectivity index (χ2v) is 5.25. The number of phenols is 1. The number of rotatable bonds is 2. The molecule has 0 spiro atoms. The van der Waals surface area contributed by atoms with Gasteiger partial charge in [0.25, 0.3) is 0 Å². The first kappa shape index (κ1) is 13.0. The van der Waals surface area contributed by atoms with E-state index in [9.17, 15) is 5.11 Å². The van der Waals surface area contributed by atoms with Gasteiger partial charge in [0, 0.05) is 17.1 Å². The minimum Gasteiger partial charge on any atom is -0.508 e. The molecule has 2 aromatic carbocycles. The summed E-state index contributed by atoms with van der Waals surface area (Å²) in [5, 5.41) is 10.3. The summed E-state index contributed by atoms with van der Waals surface area (Å²) in [5.41, 5.74) is 3.79. The number of fused-ring (bicyclic) bond motifs is 1. The summed E-state index contributed by atoms with van der Waals surface area (Å²) in [6, 6.07) is 11.3. The highest BCUT2D eigenvalue weighted by molar-refractivity contribution is 6.31. The van der Waals surface area contributed by atoms with Crippen molar-refractivity contribution in [3.63, 3.8) is 0 Å². The fourth-order valence-electron chi connectivity index (χ4n) is 2.44. The molecule has 3 rings (SSSR count). The van der Waals surface area contributed by atoms with Crippen molar-refractivity contribution in [2.45, 2.75) is 20.4 Å². The van der Waals surface area contributed by atoms with Crippen LogP contribution in [0.25, 0.3) is 22.4 Å². The number of halogens is 1. The van der Waals surface area contributed by atoms with E-state index in [1.807, 2.05) is 37.3 Å². The van der Waals surface area contributed by atoms with Gasteiger partial charge in [-0.15, -0.1) is 0 Å². The minimum absolute atomic E-state index is 0.302. The molecule has 0 saturated heterocycles. The zero-order chi connectivity index (χ0) is 14.3. The summed E-state index contributed by atoms with van der Waals surface area (Å²) in [7, 11) is 0. The van der Waals surface area contributed by atoms with Crippen LogP contribution in [-0.4, -0.2) is 14.7 Å². The molecule has 20 heavy (non-hydrogen) atoms. The number of benzene rings is 2. The van der Waals surface area contributed by atoms with Crippen molar-refractivity contribution < 1.29 is 5.11 Å². The molecular formula is C16H15ClN2O. The first-order valence-electron chi connectivity index (χ1n) is 6.56. The third-order valence-electron chi connectivity index (χ3n) is 3.48. The van der Waals surface area contributed by atoms with Crippen LogP contribution in [0.4, 0.5) is 0 Å². The highest BCUT2D eigenvalue weighted by Gasteiger charge is 2.12. The van der Waals surface area contributed by atoms with Gasteiger partial charge in [-0.05, 0) is 55.8 Å². The van der Waals surface area contributed by atoms with Crippen molar-refractivity contribution in [2.75, 3.05) is 0 Å². The lowest BCUT2D eigenvalue weighted by molar-refractivity contribution is 0.471. The molecule has 0 saturated carbocycles. The van der Waals surface area contributed by atoms with Crippen molar-refractivity contribution in [2.24, 2.45) is 0 Å². The molecule has 0 radical (unpaired) electrons. The Morgan fingerprint density at radius 1 is 1.20 bits per heavy atom. The molecule has 0 bridgehead atoms. The second kappa shape index (κ2) is 4.84. The van der Waals surface area contributed by atoms with E-state index in [4.69, 9.17) is 11.6 Å². The van der Waals surface area contributed by atoms with Crippen LogP contribution in [0.3, 0.4) is 0 Å². The molecule has 1 heterocycles. The molecule has 0 aliphatic rings. The number of imidazole rings is 1. The van der Waals surface area contributed by atoms with Crippen molar-refractivity contribution in [3.8, 4) is 17.1 Å². The number of nitrogens with zero attached hydrogens (tertiary/aromatic N) is 2. The molecule has 4 heteroatoms. The largest absolute Gasteiger partial charge is 0.508 e. The Labute approximate surface area is 122 Å². The fourth-order valence-corrected chi connectivity index (χ4v) is 2.60. The van der Waals surface area contributed by atoms with Gasteiger partial charge in [0.2, 0.25) is 0 Å². The summed E-state index contributed by atoms with van der Waals surface area (Å²) in [6.07, 6.45) is 0. The molecule has 102 valence electrons. The number of aryl methyl sites for hydroxylation is 2. The predicted octanol–water partition coefficient (Wildman–Crippen LogP) is 4.39. The Balaban J connectivity index is 2.26. The van der Waals surface area contributed by atoms with Gasteiger partial charge in [-0.2, -0.15) is 0 Å². The number of hydrogen-bond acceptors (Lipinski definition) is 2. The predicted molar refractivity (Wildman–Crippen MR) is 82.3 cm³/mol. The summed E-state index contributed by atoms with van der Waals surface area (Å²) in [6.45, 7) is 4.80. The van der Waals surface area contributed by atoms with Crippen LogP contribution in [0.1, 0.15) is 12.5 Å². The Morgan fingerprint density at radius 2 is 2.00 bits per heavy atom. The van der Waals surface area contributed by atoms with Crippen LogP contribution in [0, 0.1) is 6.92 Å². The van der Waals surface area contributed by atoms with Crippen LogP contribution in [0.15, 0.2) is 36.4 Å². The Kier molecular flexibility index (Phi) is 3.14. The van der Waals surface area contributed by atoms with Crippen molar-refractivity contribution >= 4 is 22.6 Å². The molecule has 0 aliphatic heterocycles. The van der Waals surface area contributed by atoms with E-state index in [1.165, 1.54) is 0 Å². The third kappa shape index (κ3) is 2.04. The molecule has 0 atom stereocenters. The lowest BCUT2D eigenvalue weighted by Gasteiger charge is -2.07. The van der Waals surface area contributed by atoms with Gasteiger partial charge < -0.3 is 9.67 Å². The normalized spacial score (nSPS) is 11.2. The summed E-state index contributed by atoms with van der Waals surface area (Å²) >= 11 is 6.03. The van der Waals surface area contributed by atoms with E-state index in [2.05, 4.69) is 16.5 Å². The Hall–Kier alpha value is -2.00. The van der Waals surface area contributed by atoms with Gasteiger partial charge in [0.05, 0.1) is 11.0 Å². The molecular weight excluding hydrogens is 272 g/mol. The number of phenolic OH excluding ortho intramolecular Hbond substituents is 1. The molecule has 0 aliphatic carbocycles. The molecule has 1 N–H and O–H groups in total. The second-order valence-electron chi connectivity index (χ2n) is 4.81. The molecule has 3 aromatic rings. The topological polar surface area (TPSA) is 38.0 Å². The molecule has 0 amide bonds. The van der Waals surface area contributed by atoms with E-state index in [0.717, 1.165) is 34.5 Å². The highest BCUT2D eigenvalue weighted by atomic mass is 35.5. The van der Waals surface area contributed by atoms with Gasteiger partial charge in [0.15, 0.2) is 0 Å². The van der Waals surface area contributed by atoms with Crippen molar-refractivity contribution in [1.29, 1.82) is 0 Å². The Morgan fingerprint density at radius 3 is 2.70 bits per heavy atom. The van der Waals surface area contributed by atoms with E-state index in [0.29, 0.717) is 10.8 Å². The lowest BCUT2D eigenvalue weighted by Crippen LogP contribution is -1.97. The number of aromatic nitrogens is 2. The minimum atomic E-state index is 0.302. The quantitative estimate of drug-likeness (QED) is 0.759. The summed E-state index contributed by atoms with van der Waals surface area (Å²) in [5.74, 6) is 1.20. The fraction of sp³-hybridized carbons (Fsp3) is 0.188. The van der Waals surface area contributed by atoms with Crippen LogP contribution < -0.4 is 0 Å². The molecule has 3 nitrogen and oxygen atoms in total. The maximum Gasteiger partial charge on any atom is 0.141 e. The van der Waals surface area contributed by atoms with Crippen LogP contribution in [0.5, 0.6) is 5.75 Å². The van der Waals surface area contributed by atoms with Gasteiger partial charge in [-0.3, -0.25) is 0 Å². The van der Waals surface area contributed by atoms with Gasteiger partial charge in [-0.25, -0.2) is 4.98 Å². The SMILES string of the molecule is CCn1c(-c2ccc(O)c(C)c2)nc2cc(Cl)ccc21. The van der Waals surface area contributed by atoms with Crippen LogP contribution >= 0.6 is 11.6 Å². The van der Waals surface area contributed by atoms with Crippen molar-refractivity contribution in [3.05, 3.63) is 47.0 Å². The zero-order valence-electron chi connectivity index (χ0n) is 11.4. The van der Waals surface area contributed by atoms with E-state index in [1.54, 1.807) is 6.07 Å². The Bertz CT molecular complexity index is 793. The van der Waals surface area contributed by atoms with Gasteiger partial charge in [-0.1, -0.05) is 11.6 Å². The average Bonchev–Trinajstić information content (AvgIpc) is 2.79. The van der Waals surface area contributed by atoms with Crippen LogP contribution in [-0.2, 0) is 6.54 Å². The molecule has 1 aromatic heterocycles.